The van der Waals surface area contributed by atoms with E-state index >= 15 is 0 Å². The van der Waals surface area contributed by atoms with Gasteiger partial charge in [0.15, 0.2) is 12.7 Å². The average Bonchev–Trinajstić information content (AvgIpc) is 2.75. The molecule has 2 amide bonds. The second kappa shape index (κ2) is 11.1. The van der Waals surface area contributed by atoms with Crippen LogP contribution in [0.15, 0.2) is 48.5 Å². The highest BCUT2D eigenvalue weighted by atomic mass is 16.5. The van der Waals surface area contributed by atoms with Crippen LogP contribution in [0.1, 0.15) is 50.7 Å². The van der Waals surface area contributed by atoms with Crippen LogP contribution >= 0.6 is 0 Å². The molecule has 0 fully saturated rings. The van der Waals surface area contributed by atoms with Crippen molar-refractivity contribution in [1.82, 2.24) is 10.9 Å². The first-order valence-electron chi connectivity index (χ1n) is 9.98. The Morgan fingerprint density at radius 3 is 2.31 bits per heavy atom. The molecule has 2 N–H and O–H groups in total. The standard InChI is InChI=1S/C23H30N2O4/c1-5-17(4)19-9-7-8-10-21(19)28-15-22(26)24-25-23(27)20(6-2)29-18-13-11-16(3)12-14-18/h7-14,17,20H,5-6,15H2,1-4H3,(H,24,26)(H,25,27). The van der Waals surface area contributed by atoms with Gasteiger partial charge in [0.05, 0.1) is 0 Å². The Kier molecular flexibility index (Phi) is 8.52. The van der Waals surface area contributed by atoms with Gasteiger partial charge in [-0.3, -0.25) is 20.4 Å². The van der Waals surface area contributed by atoms with E-state index in [-0.39, 0.29) is 6.61 Å². The van der Waals surface area contributed by atoms with Crippen molar-refractivity contribution in [1.29, 1.82) is 0 Å². The molecule has 2 unspecified atom stereocenters. The molecule has 0 radical (unpaired) electrons. The Hall–Kier alpha value is -3.02. The van der Waals surface area contributed by atoms with Crippen molar-refractivity contribution in [3.8, 4) is 11.5 Å². The summed E-state index contributed by atoms with van der Waals surface area (Å²) in [7, 11) is 0. The average molecular weight is 399 g/mol. The van der Waals surface area contributed by atoms with Gasteiger partial charge in [-0.1, -0.05) is 56.7 Å². The number of hydrogen-bond acceptors (Lipinski definition) is 4. The van der Waals surface area contributed by atoms with Crippen molar-refractivity contribution < 1.29 is 19.1 Å². The zero-order valence-corrected chi connectivity index (χ0v) is 17.5. The Labute approximate surface area is 172 Å². The number of nitrogens with one attached hydrogen (secondary N) is 2. The lowest BCUT2D eigenvalue weighted by atomic mass is 9.98. The minimum atomic E-state index is -0.704. The molecule has 0 spiro atoms. The Balaban J connectivity index is 1.83. The van der Waals surface area contributed by atoms with Crippen molar-refractivity contribution in [2.24, 2.45) is 0 Å². The van der Waals surface area contributed by atoms with Gasteiger partial charge in [-0.25, -0.2) is 0 Å². The van der Waals surface area contributed by atoms with Gasteiger partial charge >= 0.3 is 0 Å². The number of carbonyl (C=O) groups is 2. The van der Waals surface area contributed by atoms with Crippen LogP contribution in [0, 0.1) is 6.92 Å². The van der Waals surface area contributed by atoms with Crippen LogP contribution in [0.25, 0.3) is 0 Å². The van der Waals surface area contributed by atoms with Crippen molar-refractivity contribution >= 4 is 11.8 Å². The van der Waals surface area contributed by atoms with Crippen LogP contribution in [0.2, 0.25) is 0 Å². The Morgan fingerprint density at radius 2 is 1.66 bits per heavy atom. The largest absolute Gasteiger partial charge is 0.483 e. The van der Waals surface area contributed by atoms with Crippen molar-refractivity contribution in [3.63, 3.8) is 0 Å². The Bertz CT molecular complexity index is 805. The molecule has 6 nitrogen and oxygen atoms in total. The van der Waals surface area contributed by atoms with Gasteiger partial charge < -0.3 is 9.47 Å². The molecule has 2 aromatic rings. The molecular formula is C23H30N2O4. The van der Waals surface area contributed by atoms with Crippen LogP contribution in [0.4, 0.5) is 0 Å². The zero-order chi connectivity index (χ0) is 21.2. The molecule has 0 saturated heterocycles. The highest BCUT2D eigenvalue weighted by molar-refractivity contribution is 5.85. The molecule has 2 rings (SSSR count). The summed E-state index contributed by atoms with van der Waals surface area (Å²) in [5.74, 6) is 0.758. The third-order valence-electron chi connectivity index (χ3n) is 4.71. The van der Waals surface area contributed by atoms with Gasteiger partial charge in [0, 0.05) is 0 Å². The molecule has 156 valence electrons. The summed E-state index contributed by atoms with van der Waals surface area (Å²) in [6.45, 7) is 7.85. The predicted octanol–water partition coefficient (Wildman–Crippen LogP) is 3.89. The molecule has 2 aromatic carbocycles. The third-order valence-corrected chi connectivity index (χ3v) is 4.71. The summed E-state index contributed by atoms with van der Waals surface area (Å²) in [6, 6.07) is 15.1. The fourth-order valence-electron chi connectivity index (χ4n) is 2.73. The van der Waals surface area contributed by atoms with Crippen LogP contribution in [0.5, 0.6) is 11.5 Å². The molecule has 0 aliphatic heterocycles. The maximum atomic E-state index is 12.3. The normalized spacial score (nSPS) is 12.6. The van der Waals surface area contributed by atoms with Gasteiger partial charge in [0.1, 0.15) is 11.5 Å². The van der Waals surface area contributed by atoms with Crippen molar-refractivity contribution in [2.45, 2.75) is 52.6 Å². The number of para-hydroxylation sites is 1. The molecule has 0 aromatic heterocycles. The highest BCUT2D eigenvalue weighted by Crippen LogP contribution is 2.28. The number of hydrazine groups is 1. The van der Waals surface area contributed by atoms with E-state index in [1.165, 1.54) is 0 Å². The fraction of sp³-hybridized carbons (Fsp3) is 0.391. The van der Waals surface area contributed by atoms with Gasteiger partial charge in [-0.2, -0.15) is 0 Å². The van der Waals surface area contributed by atoms with Gasteiger partial charge in [0.2, 0.25) is 0 Å². The van der Waals surface area contributed by atoms with Crippen LogP contribution < -0.4 is 20.3 Å². The molecule has 0 aliphatic rings. The number of hydrogen-bond donors (Lipinski definition) is 2. The second-order valence-corrected chi connectivity index (χ2v) is 7.00. The first-order chi connectivity index (χ1) is 13.9. The van der Waals surface area contributed by atoms with Crippen LogP contribution in [-0.2, 0) is 9.59 Å². The summed E-state index contributed by atoms with van der Waals surface area (Å²) in [6.07, 6.45) is 0.737. The minimum Gasteiger partial charge on any atom is -0.483 e. The van der Waals surface area contributed by atoms with Crippen LogP contribution in [-0.4, -0.2) is 24.5 Å². The number of amides is 2. The monoisotopic (exact) mass is 398 g/mol. The molecule has 2 atom stereocenters. The van der Waals surface area contributed by atoms with Gasteiger partial charge in [0.25, 0.3) is 11.8 Å². The fourth-order valence-corrected chi connectivity index (χ4v) is 2.73. The molecule has 0 bridgehead atoms. The predicted molar refractivity (Wildman–Crippen MR) is 113 cm³/mol. The van der Waals surface area contributed by atoms with Crippen molar-refractivity contribution in [3.05, 3.63) is 59.7 Å². The number of carbonyl (C=O) groups excluding carboxylic acids is 2. The number of rotatable bonds is 9. The molecular weight excluding hydrogens is 368 g/mol. The van der Waals surface area contributed by atoms with E-state index < -0.39 is 17.9 Å². The van der Waals surface area contributed by atoms with E-state index in [0.29, 0.717) is 23.8 Å². The topological polar surface area (TPSA) is 76.7 Å². The van der Waals surface area contributed by atoms with E-state index in [2.05, 4.69) is 24.7 Å². The van der Waals surface area contributed by atoms with E-state index in [1.54, 1.807) is 0 Å². The molecule has 0 heterocycles. The van der Waals surface area contributed by atoms with Crippen LogP contribution in [0.3, 0.4) is 0 Å². The molecule has 29 heavy (non-hydrogen) atoms. The molecule has 6 heteroatoms. The second-order valence-electron chi connectivity index (χ2n) is 7.00. The van der Waals surface area contributed by atoms with E-state index in [4.69, 9.17) is 9.47 Å². The number of aryl methyl sites for hydroxylation is 1. The quantitative estimate of drug-likeness (QED) is 0.628. The van der Waals surface area contributed by atoms with E-state index in [0.717, 1.165) is 17.5 Å². The zero-order valence-electron chi connectivity index (χ0n) is 17.5. The summed E-state index contributed by atoms with van der Waals surface area (Å²) in [5.41, 5.74) is 6.96. The number of benzene rings is 2. The molecule has 0 saturated carbocycles. The minimum absolute atomic E-state index is 0.191. The first-order valence-corrected chi connectivity index (χ1v) is 9.98. The third kappa shape index (κ3) is 6.82. The maximum Gasteiger partial charge on any atom is 0.279 e. The molecule has 0 aliphatic carbocycles. The smallest absolute Gasteiger partial charge is 0.279 e. The van der Waals surface area contributed by atoms with E-state index in [9.17, 15) is 9.59 Å². The van der Waals surface area contributed by atoms with Crippen molar-refractivity contribution in [2.75, 3.05) is 6.61 Å². The lowest BCUT2D eigenvalue weighted by molar-refractivity contribution is -0.134. The summed E-state index contributed by atoms with van der Waals surface area (Å²) in [4.78, 5) is 24.4. The first kappa shape index (κ1) is 22.3. The summed E-state index contributed by atoms with van der Waals surface area (Å²) < 4.78 is 11.4. The lowest BCUT2D eigenvalue weighted by Crippen LogP contribution is -2.49. The Morgan fingerprint density at radius 1 is 0.966 bits per heavy atom. The SMILES string of the molecule is CCC(Oc1ccc(C)cc1)C(=O)NNC(=O)COc1ccccc1C(C)CC. The van der Waals surface area contributed by atoms with Gasteiger partial charge in [-0.05, 0) is 49.4 Å². The maximum absolute atomic E-state index is 12.3. The summed E-state index contributed by atoms with van der Waals surface area (Å²) in [5, 5.41) is 0. The summed E-state index contributed by atoms with van der Waals surface area (Å²) >= 11 is 0. The number of ether oxygens (including phenoxy) is 2. The van der Waals surface area contributed by atoms with E-state index in [1.807, 2.05) is 62.4 Å². The lowest BCUT2D eigenvalue weighted by Gasteiger charge is -2.18. The highest BCUT2D eigenvalue weighted by Gasteiger charge is 2.19. The van der Waals surface area contributed by atoms with Gasteiger partial charge in [-0.15, -0.1) is 0 Å².